The van der Waals surface area contributed by atoms with Gasteiger partial charge in [-0.1, -0.05) is 30.3 Å². The minimum atomic E-state index is -4.64. The van der Waals surface area contributed by atoms with Crippen LogP contribution < -0.4 is 10.1 Å². The van der Waals surface area contributed by atoms with Crippen molar-refractivity contribution in [3.05, 3.63) is 83.8 Å². The monoisotopic (exact) mass is 433 g/mol. The summed E-state index contributed by atoms with van der Waals surface area (Å²) in [6.45, 7) is 1.31. The molecule has 1 heterocycles. The smallest absolute Gasteiger partial charge is 0.418 e. The molecule has 162 valence electrons. The maximum absolute atomic E-state index is 13.0. The molecule has 1 atom stereocenters. The molecule has 0 spiro atoms. The number of alkyl halides is 3. The van der Waals surface area contributed by atoms with Crippen LogP contribution in [-0.2, 0) is 22.3 Å². The number of benzene rings is 2. The molecule has 0 aliphatic heterocycles. The molecule has 0 radical (unpaired) electrons. The van der Waals surface area contributed by atoms with Crippen molar-refractivity contribution < 1.29 is 36.7 Å². The fourth-order valence-corrected chi connectivity index (χ4v) is 2.58. The van der Waals surface area contributed by atoms with Crippen molar-refractivity contribution in [3.8, 4) is 5.75 Å². The zero-order valence-corrected chi connectivity index (χ0v) is 16.3. The highest BCUT2D eigenvalue weighted by atomic mass is 19.4. The number of anilines is 1. The van der Waals surface area contributed by atoms with Crippen molar-refractivity contribution >= 4 is 17.6 Å². The highest BCUT2D eigenvalue weighted by Crippen LogP contribution is 2.34. The Morgan fingerprint density at radius 1 is 1.00 bits per heavy atom. The molecule has 6 nitrogen and oxygen atoms in total. The predicted octanol–water partition coefficient (Wildman–Crippen LogP) is 5.06. The molecule has 1 aromatic heterocycles. The minimum absolute atomic E-state index is 0.0710. The number of esters is 1. The zero-order chi connectivity index (χ0) is 22.4. The van der Waals surface area contributed by atoms with Crippen molar-refractivity contribution in [1.82, 2.24) is 0 Å². The van der Waals surface area contributed by atoms with Crippen LogP contribution in [0.25, 0.3) is 0 Å². The Morgan fingerprint density at radius 2 is 1.68 bits per heavy atom. The van der Waals surface area contributed by atoms with Gasteiger partial charge in [0.05, 0.1) is 11.3 Å². The predicted molar refractivity (Wildman–Crippen MR) is 104 cm³/mol. The van der Waals surface area contributed by atoms with Crippen LogP contribution in [0.4, 0.5) is 18.9 Å². The molecule has 0 aliphatic carbocycles. The van der Waals surface area contributed by atoms with Crippen LogP contribution >= 0.6 is 0 Å². The van der Waals surface area contributed by atoms with Gasteiger partial charge in [0, 0.05) is 0 Å². The number of para-hydroxylation sites is 2. The molecule has 2 aromatic carbocycles. The Labute approximate surface area is 175 Å². The van der Waals surface area contributed by atoms with Gasteiger partial charge in [0.25, 0.3) is 5.91 Å². The Balaban J connectivity index is 1.57. The van der Waals surface area contributed by atoms with E-state index in [9.17, 15) is 22.8 Å². The van der Waals surface area contributed by atoms with Crippen molar-refractivity contribution in [3.63, 3.8) is 0 Å². The second-order valence-corrected chi connectivity index (χ2v) is 6.45. The second kappa shape index (κ2) is 9.38. The second-order valence-electron chi connectivity index (χ2n) is 6.45. The lowest BCUT2D eigenvalue weighted by Crippen LogP contribution is -2.30. The van der Waals surface area contributed by atoms with E-state index < -0.39 is 35.4 Å². The van der Waals surface area contributed by atoms with Gasteiger partial charge in [0.1, 0.15) is 18.1 Å². The third-order valence-corrected chi connectivity index (χ3v) is 4.13. The van der Waals surface area contributed by atoms with E-state index in [1.807, 2.05) is 6.07 Å². The lowest BCUT2D eigenvalue weighted by molar-refractivity contribution is -0.137. The molecular formula is C22H18F3NO5. The number of carbonyl (C=O) groups is 2. The standard InChI is InChI=1S/C22H18F3NO5/c1-14(20(27)26-18-10-6-5-9-17(18)22(23,24)25)30-21(28)19-12-11-16(31-19)13-29-15-7-3-2-4-8-15/h2-12,14H,13H2,1H3,(H,26,27). The number of hydrogen-bond donors (Lipinski definition) is 1. The Bertz CT molecular complexity index is 1050. The van der Waals surface area contributed by atoms with Crippen LogP contribution in [0.1, 0.15) is 28.8 Å². The van der Waals surface area contributed by atoms with E-state index in [1.165, 1.54) is 31.2 Å². The number of halogens is 3. The summed E-state index contributed by atoms with van der Waals surface area (Å²) >= 11 is 0. The van der Waals surface area contributed by atoms with E-state index in [0.717, 1.165) is 12.1 Å². The molecule has 9 heteroatoms. The molecule has 3 aromatic rings. The molecule has 0 saturated carbocycles. The first kappa shape index (κ1) is 21.9. The molecule has 0 saturated heterocycles. The number of hydrogen-bond acceptors (Lipinski definition) is 5. The van der Waals surface area contributed by atoms with Gasteiger partial charge < -0.3 is 19.2 Å². The van der Waals surface area contributed by atoms with Crippen molar-refractivity contribution in [2.45, 2.75) is 25.8 Å². The summed E-state index contributed by atoms with van der Waals surface area (Å²) in [4.78, 5) is 24.4. The minimum Gasteiger partial charge on any atom is -0.486 e. The Morgan fingerprint density at radius 3 is 2.39 bits per heavy atom. The first-order chi connectivity index (χ1) is 14.7. The first-order valence-electron chi connectivity index (χ1n) is 9.18. The summed E-state index contributed by atoms with van der Waals surface area (Å²) < 4.78 is 55.0. The lowest BCUT2D eigenvalue weighted by atomic mass is 10.1. The Kier molecular flexibility index (Phi) is 6.64. The van der Waals surface area contributed by atoms with E-state index in [2.05, 4.69) is 5.32 Å². The van der Waals surface area contributed by atoms with Crippen molar-refractivity contribution in [2.24, 2.45) is 0 Å². The normalized spacial score (nSPS) is 12.1. The van der Waals surface area contributed by atoms with Crippen molar-refractivity contribution in [2.75, 3.05) is 5.32 Å². The molecule has 0 bridgehead atoms. The summed E-state index contributed by atoms with van der Waals surface area (Å²) in [5.41, 5.74) is -1.43. The highest BCUT2D eigenvalue weighted by molar-refractivity contribution is 5.97. The largest absolute Gasteiger partial charge is 0.486 e. The topological polar surface area (TPSA) is 77.8 Å². The first-order valence-corrected chi connectivity index (χ1v) is 9.18. The van der Waals surface area contributed by atoms with Crippen LogP contribution in [0, 0.1) is 0 Å². The zero-order valence-electron chi connectivity index (χ0n) is 16.3. The molecule has 1 N–H and O–H groups in total. The van der Waals surface area contributed by atoms with Gasteiger partial charge >= 0.3 is 12.1 Å². The van der Waals surface area contributed by atoms with Crippen LogP contribution in [0.15, 0.2) is 71.1 Å². The number of amides is 1. The average Bonchev–Trinajstić information content (AvgIpc) is 3.22. The highest BCUT2D eigenvalue weighted by Gasteiger charge is 2.34. The van der Waals surface area contributed by atoms with Gasteiger partial charge in [-0.2, -0.15) is 13.2 Å². The van der Waals surface area contributed by atoms with Crippen LogP contribution in [0.5, 0.6) is 5.75 Å². The van der Waals surface area contributed by atoms with E-state index >= 15 is 0 Å². The Hall–Kier alpha value is -3.75. The van der Waals surface area contributed by atoms with Gasteiger partial charge in [0.2, 0.25) is 5.76 Å². The molecule has 0 aliphatic rings. The van der Waals surface area contributed by atoms with Gasteiger partial charge in [-0.05, 0) is 43.3 Å². The molecule has 31 heavy (non-hydrogen) atoms. The van der Waals surface area contributed by atoms with Gasteiger partial charge in [-0.25, -0.2) is 4.79 Å². The average molecular weight is 433 g/mol. The summed E-state index contributed by atoms with van der Waals surface area (Å²) in [7, 11) is 0. The molecule has 0 fully saturated rings. The third kappa shape index (κ3) is 5.88. The maximum Gasteiger partial charge on any atom is 0.418 e. The van der Waals surface area contributed by atoms with Crippen LogP contribution in [-0.4, -0.2) is 18.0 Å². The van der Waals surface area contributed by atoms with E-state index in [1.54, 1.807) is 24.3 Å². The molecule has 3 rings (SSSR count). The van der Waals surface area contributed by atoms with Gasteiger partial charge in [-0.3, -0.25) is 4.79 Å². The number of ether oxygens (including phenoxy) is 2. The number of rotatable bonds is 7. The fraction of sp³-hybridized carbons (Fsp3) is 0.182. The summed E-state index contributed by atoms with van der Waals surface area (Å²) in [5, 5.41) is 2.13. The van der Waals surface area contributed by atoms with E-state index in [0.29, 0.717) is 11.5 Å². The van der Waals surface area contributed by atoms with Gasteiger partial charge in [0.15, 0.2) is 6.10 Å². The SMILES string of the molecule is CC(OC(=O)c1ccc(COc2ccccc2)o1)C(=O)Nc1ccccc1C(F)(F)F. The maximum atomic E-state index is 13.0. The number of nitrogens with one attached hydrogen (secondary N) is 1. The van der Waals surface area contributed by atoms with E-state index in [4.69, 9.17) is 13.9 Å². The molecular weight excluding hydrogens is 415 g/mol. The van der Waals surface area contributed by atoms with Crippen molar-refractivity contribution in [1.29, 1.82) is 0 Å². The van der Waals surface area contributed by atoms with Crippen LogP contribution in [0.3, 0.4) is 0 Å². The number of carbonyl (C=O) groups excluding carboxylic acids is 2. The summed E-state index contributed by atoms with van der Waals surface area (Å²) in [6, 6.07) is 16.4. The fourth-order valence-electron chi connectivity index (χ4n) is 2.58. The van der Waals surface area contributed by atoms with Gasteiger partial charge in [-0.15, -0.1) is 0 Å². The summed E-state index contributed by atoms with van der Waals surface area (Å²) in [6.07, 6.45) is -6.00. The van der Waals surface area contributed by atoms with E-state index in [-0.39, 0.29) is 12.4 Å². The molecule has 1 amide bonds. The molecule has 1 unspecified atom stereocenters. The quantitative estimate of drug-likeness (QED) is 0.527. The summed E-state index contributed by atoms with van der Waals surface area (Å²) in [5.74, 6) is -1.04. The number of furan rings is 1. The third-order valence-electron chi connectivity index (χ3n) is 4.13. The lowest BCUT2D eigenvalue weighted by Gasteiger charge is -2.16. The van der Waals surface area contributed by atoms with Crippen LogP contribution in [0.2, 0.25) is 0 Å².